The van der Waals surface area contributed by atoms with Crippen LogP contribution in [-0.2, 0) is 26.2 Å². The number of nitrogens with two attached hydrogens (primary N) is 2. The zero-order valence-corrected chi connectivity index (χ0v) is 21.4. The van der Waals surface area contributed by atoms with Crippen molar-refractivity contribution < 1.29 is 26.3 Å². The van der Waals surface area contributed by atoms with E-state index in [0.29, 0.717) is 51.0 Å². The van der Waals surface area contributed by atoms with Gasteiger partial charge in [-0.05, 0) is 78.6 Å². The normalized spacial score (nSPS) is 21.6. The Hall–Kier alpha value is -3.02. The summed E-state index contributed by atoms with van der Waals surface area (Å²) in [5.41, 5.74) is 13.7. The van der Waals surface area contributed by atoms with Gasteiger partial charge in [0.2, 0.25) is 0 Å². The van der Waals surface area contributed by atoms with E-state index in [0.717, 1.165) is 29.1 Å². The third-order valence-corrected chi connectivity index (χ3v) is 10.1. The van der Waals surface area contributed by atoms with E-state index >= 15 is 0 Å². The molecule has 38 heavy (non-hydrogen) atoms. The highest BCUT2D eigenvalue weighted by molar-refractivity contribution is 7.92. The summed E-state index contributed by atoms with van der Waals surface area (Å²) in [5.74, 6) is -0.209. The molecule has 0 bridgehead atoms. The van der Waals surface area contributed by atoms with Crippen molar-refractivity contribution in [1.29, 1.82) is 0 Å². The van der Waals surface area contributed by atoms with E-state index < -0.39 is 26.8 Å². The van der Waals surface area contributed by atoms with E-state index in [1.807, 2.05) is 12.1 Å². The van der Waals surface area contributed by atoms with Crippen LogP contribution >= 0.6 is 0 Å². The van der Waals surface area contributed by atoms with Crippen LogP contribution in [0.2, 0.25) is 0 Å². The Bertz CT molecular complexity index is 1410. The Labute approximate surface area is 219 Å². The molecule has 5 rings (SSSR count). The Kier molecular flexibility index (Phi) is 6.95. The fourth-order valence-corrected chi connectivity index (χ4v) is 7.10. The van der Waals surface area contributed by atoms with Gasteiger partial charge >= 0.3 is 6.18 Å². The molecule has 0 spiro atoms. The van der Waals surface area contributed by atoms with Gasteiger partial charge in [0.15, 0.2) is 9.84 Å². The molecule has 1 saturated carbocycles. The summed E-state index contributed by atoms with van der Waals surface area (Å²) < 4.78 is 71.5. The summed E-state index contributed by atoms with van der Waals surface area (Å²) in [5, 5.41) is -0.611. The Balaban J connectivity index is 1.29. The number of benzene rings is 1. The van der Waals surface area contributed by atoms with Gasteiger partial charge in [0.05, 0.1) is 40.0 Å². The number of halogens is 3. The second-order valence-electron chi connectivity index (χ2n) is 10.1. The van der Waals surface area contributed by atoms with Crippen LogP contribution in [0.15, 0.2) is 59.8 Å². The molecule has 1 aliphatic heterocycles. The second-order valence-corrected chi connectivity index (χ2v) is 12.4. The summed E-state index contributed by atoms with van der Waals surface area (Å²) in [7, 11) is -3.61. The van der Waals surface area contributed by atoms with Crippen LogP contribution in [0.4, 0.5) is 19.0 Å². The molecule has 2 aromatic heterocycles. The van der Waals surface area contributed by atoms with Crippen molar-refractivity contribution in [2.45, 2.75) is 53.3 Å². The standard InChI is InChI=1S/C27H29F3N4O3S/c28-27(29,30)20-12-23(25(32)34-13-20)18-3-7-22(8-4-18)38(35,36)21-5-1-17(2-6-21)19-9-10-33-24(11-19)26(14-31)15-37-16-26/h1-2,5-6,9-13,18,22H,3-4,7-8,14-16,31H2,(H2,32,34). The number of hydrogen-bond donors (Lipinski definition) is 2. The summed E-state index contributed by atoms with van der Waals surface area (Å²) >= 11 is 0. The number of rotatable bonds is 6. The molecule has 1 aliphatic carbocycles. The maximum Gasteiger partial charge on any atom is 0.417 e. The molecule has 7 nitrogen and oxygen atoms in total. The third kappa shape index (κ3) is 4.90. The number of alkyl halides is 3. The minimum atomic E-state index is -4.52. The van der Waals surface area contributed by atoms with E-state index in [2.05, 4.69) is 9.97 Å². The van der Waals surface area contributed by atoms with E-state index in [4.69, 9.17) is 16.2 Å². The van der Waals surface area contributed by atoms with Gasteiger partial charge in [-0.15, -0.1) is 0 Å². The quantitative estimate of drug-likeness (QED) is 0.468. The lowest BCUT2D eigenvalue weighted by Crippen LogP contribution is -2.52. The highest BCUT2D eigenvalue weighted by Gasteiger charge is 2.40. The summed E-state index contributed by atoms with van der Waals surface area (Å²) in [6.07, 6.45) is -0.567. The minimum Gasteiger partial charge on any atom is -0.383 e. The molecule has 0 atom stereocenters. The SMILES string of the molecule is NCC1(c2cc(-c3ccc(S(=O)(=O)C4CCC(c5cc(C(F)(F)F)cnc5N)CC4)cc3)ccn2)COC1. The van der Waals surface area contributed by atoms with E-state index in [1.54, 1.807) is 30.5 Å². The average molecular weight is 547 g/mol. The van der Waals surface area contributed by atoms with E-state index in [1.165, 1.54) is 0 Å². The van der Waals surface area contributed by atoms with Crippen LogP contribution in [0.1, 0.15) is 48.4 Å². The summed E-state index contributed by atoms with van der Waals surface area (Å²) in [4.78, 5) is 8.43. The zero-order valence-electron chi connectivity index (χ0n) is 20.6. The fourth-order valence-electron chi connectivity index (χ4n) is 5.31. The van der Waals surface area contributed by atoms with Crippen LogP contribution in [0.5, 0.6) is 0 Å². The number of anilines is 1. The smallest absolute Gasteiger partial charge is 0.383 e. The number of sulfone groups is 1. The van der Waals surface area contributed by atoms with Gasteiger partial charge in [0.1, 0.15) is 5.82 Å². The van der Waals surface area contributed by atoms with Gasteiger partial charge in [0, 0.05) is 18.9 Å². The number of nitrogen functional groups attached to an aromatic ring is 1. The first-order valence-corrected chi connectivity index (χ1v) is 14.0. The van der Waals surface area contributed by atoms with Gasteiger partial charge in [-0.3, -0.25) is 4.98 Å². The van der Waals surface area contributed by atoms with Crippen LogP contribution in [-0.4, -0.2) is 43.4 Å². The number of hydrogen-bond acceptors (Lipinski definition) is 7. The molecular weight excluding hydrogens is 517 g/mol. The number of pyridine rings is 2. The lowest BCUT2D eigenvalue weighted by Gasteiger charge is -2.40. The molecule has 202 valence electrons. The Morgan fingerprint density at radius 2 is 1.66 bits per heavy atom. The summed E-state index contributed by atoms with van der Waals surface area (Å²) in [6, 6.07) is 11.6. The maximum absolute atomic E-state index is 13.4. The predicted octanol–water partition coefficient (Wildman–Crippen LogP) is 4.47. The monoisotopic (exact) mass is 546 g/mol. The molecule has 0 unspecified atom stereocenters. The molecule has 0 amide bonds. The van der Waals surface area contributed by atoms with Crippen LogP contribution < -0.4 is 11.5 Å². The molecule has 1 saturated heterocycles. The second kappa shape index (κ2) is 9.94. The van der Waals surface area contributed by atoms with Crippen molar-refractivity contribution in [3.05, 3.63) is 71.7 Å². The van der Waals surface area contributed by atoms with Gasteiger partial charge in [-0.2, -0.15) is 13.2 Å². The third-order valence-electron chi connectivity index (χ3n) is 7.80. The van der Waals surface area contributed by atoms with Crippen molar-refractivity contribution >= 4 is 15.7 Å². The van der Waals surface area contributed by atoms with Crippen molar-refractivity contribution in [3.63, 3.8) is 0 Å². The maximum atomic E-state index is 13.4. The number of ether oxygens (including phenoxy) is 1. The fraction of sp³-hybridized carbons (Fsp3) is 0.407. The van der Waals surface area contributed by atoms with Crippen molar-refractivity contribution in [2.75, 3.05) is 25.5 Å². The zero-order chi connectivity index (χ0) is 27.1. The largest absolute Gasteiger partial charge is 0.417 e. The summed E-state index contributed by atoms with van der Waals surface area (Å²) in [6.45, 7) is 1.48. The van der Waals surface area contributed by atoms with Crippen LogP contribution in [0.25, 0.3) is 11.1 Å². The number of aromatic nitrogens is 2. The van der Waals surface area contributed by atoms with Gasteiger partial charge < -0.3 is 16.2 Å². The molecular formula is C27H29F3N4O3S. The molecule has 2 fully saturated rings. The predicted molar refractivity (Wildman–Crippen MR) is 137 cm³/mol. The molecule has 1 aromatic carbocycles. The Morgan fingerprint density at radius 1 is 0.974 bits per heavy atom. The van der Waals surface area contributed by atoms with Crippen molar-refractivity contribution in [1.82, 2.24) is 9.97 Å². The number of nitrogens with zero attached hydrogens (tertiary/aromatic N) is 2. The minimum absolute atomic E-state index is 0.0568. The van der Waals surface area contributed by atoms with Crippen molar-refractivity contribution in [2.24, 2.45) is 5.73 Å². The lowest BCUT2D eigenvalue weighted by atomic mass is 9.81. The van der Waals surface area contributed by atoms with Crippen molar-refractivity contribution in [3.8, 4) is 11.1 Å². The van der Waals surface area contributed by atoms with Gasteiger partial charge in [-0.25, -0.2) is 13.4 Å². The molecule has 11 heteroatoms. The highest BCUT2D eigenvalue weighted by atomic mass is 32.2. The molecule has 2 aliphatic rings. The highest BCUT2D eigenvalue weighted by Crippen LogP contribution is 2.41. The molecule has 3 aromatic rings. The van der Waals surface area contributed by atoms with Gasteiger partial charge in [-0.1, -0.05) is 12.1 Å². The topological polar surface area (TPSA) is 121 Å². The molecule has 4 N–H and O–H groups in total. The van der Waals surface area contributed by atoms with Crippen LogP contribution in [0.3, 0.4) is 0 Å². The van der Waals surface area contributed by atoms with Gasteiger partial charge in [0.25, 0.3) is 0 Å². The Morgan fingerprint density at radius 3 is 2.24 bits per heavy atom. The van der Waals surface area contributed by atoms with E-state index in [9.17, 15) is 21.6 Å². The molecule has 0 radical (unpaired) electrons. The first-order valence-electron chi connectivity index (χ1n) is 12.4. The lowest BCUT2D eigenvalue weighted by molar-refractivity contribution is -0.137. The molecule has 3 heterocycles. The average Bonchev–Trinajstić information content (AvgIpc) is 2.88. The first-order chi connectivity index (χ1) is 18.0. The van der Waals surface area contributed by atoms with E-state index in [-0.39, 0.29) is 22.0 Å². The van der Waals surface area contributed by atoms with Crippen LogP contribution in [0, 0.1) is 0 Å². The first kappa shape index (κ1) is 26.6.